The number of amides is 1. The Morgan fingerprint density at radius 1 is 1.35 bits per heavy atom. The highest BCUT2D eigenvalue weighted by molar-refractivity contribution is 7.99. The molecule has 0 unspecified atom stereocenters. The third-order valence-corrected chi connectivity index (χ3v) is 3.55. The molecule has 0 aliphatic carbocycles. The van der Waals surface area contributed by atoms with Crippen molar-refractivity contribution in [2.24, 2.45) is 0 Å². The van der Waals surface area contributed by atoms with Gasteiger partial charge in [-0.3, -0.25) is 4.79 Å². The number of aromatic nitrogens is 2. The number of aryl methyl sites for hydroxylation is 3. The van der Waals surface area contributed by atoms with Gasteiger partial charge in [0.15, 0.2) is 0 Å². The lowest BCUT2D eigenvalue weighted by atomic mass is 10.1. The van der Waals surface area contributed by atoms with E-state index in [-0.39, 0.29) is 11.7 Å². The van der Waals surface area contributed by atoms with Gasteiger partial charge in [-0.15, -0.1) is 10.2 Å². The molecule has 106 valence electrons. The predicted octanol–water partition coefficient (Wildman–Crippen LogP) is 2.98. The van der Waals surface area contributed by atoms with Crippen molar-refractivity contribution >= 4 is 23.4 Å². The van der Waals surface area contributed by atoms with Crippen LogP contribution in [0.2, 0.25) is 0 Å². The van der Waals surface area contributed by atoms with Crippen molar-refractivity contribution in [1.82, 2.24) is 10.2 Å². The van der Waals surface area contributed by atoms with Crippen LogP contribution in [0, 0.1) is 13.8 Å². The van der Waals surface area contributed by atoms with E-state index in [0.29, 0.717) is 17.5 Å². The molecule has 0 spiro atoms. The van der Waals surface area contributed by atoms with Crippen LogP contribution < -0.4 is 5.32 Å². The zero-order valence-corrected chi connectivity index (χ0v) is 12.6. The minimum absolute atomic E-state index is 0.0850. The summed E-state index contributed by atoms with van der Waals surface area (Å²) in [6, 6.07) is 5.92. The van der Waals surface area contributed by atoms with Crippen LogP contribution in [-0.4, -0.2) is 21.9 Å². The number of anilines is 1. The maximum Gasteiger partial charge on any atom is 0.277 e. The maximum atomic E-state index is 11.9. The fourth-order valence-corrected chi connectivity index (χ4v) is 2.29. The molecule has 1 aromatic carbocycles. The molecule has 0 fully saturated rings. The molecule has 2 rings (SSSR count). The normalized spacial score (nSPS) is 10.6. The number of rotatable bonds is 5. The van der Waals surface area contributed by atoms with Crippen molar-refractivity contribution in [3.8, 4) is 0 Å². The average molecular weight is 291 g/mol. The van der Waals surface area contributed by atoms with Crippen LogP contribution >= 0.6 is 11.8 Å². The second-order valence-corrected chi connectivity index (χ2v) is 5.40. The Bertz CT molecular complexity index is 610. The van der Waals surface area contributed by atoms with Crippen molar-refractivity contribution in [2.75, 3.05) is 11.1 Å². The average Bonchev–Trinajstić information content (AvgIpc) is 2.88. The minimum Gasteiger partial charge on any atom is -0.416 e. The van der Waals surface area contributed by atoms with Crippen molar-refractivity contribution in [2.45, 2.75) is 32.4 Å². The Labute approximate surface area is 122 Å². The Morgan fingerprint density at radius 3 is 2.80 bits per heavy atom. The first-order chi connectivity index (χ1) is 9.58. The summed E-state index contributed by atoms with van der Waals surface area (Å²) in [6.07, 6.45) is 0.697. The number of hydrogen-bond acceptors (Lipinski definition) is 5. The number of nitrogens with zero attached hydrogens (tertiary/aromatic N) is 2. The van der Waals surface area contributed by atoms with Gasteiger partial charge in [0.2, 0.25) is 11.8 Å². The number of nitrogens with one attached hydrogen (secondary N) is 1. The van der Waals surface area contributed by atoms with Crippen LogP contribution in [-0.2, 0) is 11.2 Å². The standard InChI is InChI=1S/C14H17N3O2S/c1-4-13-16-17-14(19-13)20-8-12(18)15-11-6-5-9(2)7-10(11)3/h5-7H,4,8H2,1-3H3,(H,15,18). The number of hydrogen-bond donors (Lipinski definition) is 1. The van der Waals surface area contributed by atoms with Crippen LogP contribution in [0.15, 0.2) is 27.8 Å². The molecular formula is C14H17N3O2S. The first kappa shape index (κ1) is 14.6. The van der Waals surface area contributed by atoms with Crippen LogP contribution in [0.5, 0.6) is 0 Å². The lowest BCUT2D eigenvalue weighted by molar-refractivity contribution is -0.113. The second-order valence-electron chi connectivity index (χ2n) is 4.47. The molecule has 1 amide bonds. The smallest absolute Gasteiger partial charge is 0.277 e. The van der Waals surface area contributed by atoms with Crippen molar-refractivity contribution < 1.29 is 9.21 Å². The SMILES string of the molecule is CCc1nnc(SCC(=O)Nc2ccc(C)cc2C)o1. The molecule has 6 heteroatoms. The molecule has 1 aromatic heterocycles. The van der Waals surface area contributed by atoms with Gasteiger partial charge in [0.25, 0.3) is 5.22 Å². The zero-order chi connectivity index (χ0) is 14.5. The molecule has 0 radical (unpaired) electrons. The van der Waals surface area contributed by atoms with Gasteiger partial charge in [0.1, 0.15) is 0 Å². The quantitative estimate of drug-likeness (QED) is 0.858. The van der Waals surface area contributed by atoms with Crippen molar-refractivity contribution in [3.05, 3.63) is 35.2 Å². The lowest BCUT2D eigenvalue weighted by Crippen LogP contribution is -2.14. The summed E-state index contributed by atoms with van der Waals surface area (Å²) in [5.41, 5.74) is 3.06. The molecule has 20 heavy (non-hydrogen) atoms. The number of carbonyl (C=O) groups is 1. The highest BCUT2D eigenvalue weighted by Gasteiger charge is 2.09. The third kappa shape index (κ3) is 3.84. The van der Waals surface area contributed by atoms with Crippen LogP contribution in [0.1, 0.15) is 23.9 Å². The van der Waals surface area contributed by atoms with E-state index in [1.165, 1.54) is 17.3 Å². The molecule has 0 saturated carbocycles. The molecule has 1 heterocycles. The van der Waals surface area contributed by atoms with Gasteiger partial charge >= 0.3 is 0 Å². The fraction of sp³-hybridized carbons (Fsp3) is 0.357. The summed E-state index contributed by atoms with van der Waals surface area (Å²) in [7, 11) is 0. The van der Waals surface area contributed by atoms with Crippen LogP contribution in [0.3, 0.4) is 0 Å². The topological polar surface area (TPSA) is 68.0 Å². The first-order valence-electron chi connectivity index (χ1n) is 6.40. The first-order valence-corrected chi connectivity index (χ1v) is 7.39. The minimum atomic E-state index is -0.0850. The van der Waals surface area contributed by atoms with Gasteiger partial charge in [0.05, 0.1) is 5.75 Å². The summed E-state index contributed by atoms with van der Waals surface area (Å²) < 4.78 is 5.33. The second kappa shape index (κ2) is 6.56. The van der Waals surface area contributed by atoms with Crippen LogP contribution in [0.25, 0.3) is 0 Å². The van der Waals surface area contributed by atoms with Gasteiger partial charge in [-0.2, -0.15) is 0 Å². The summed E-state index contributed by atoms with van der Waals surface area (Å²) in [5, 5.41) is 11.0. The van der Waals surface area contributed by atoms with Gasteiger partial charge in [0, 0.05) is 12.1 Å². The highest BCUT2D eigenvalue weighted by atomic mass is 32.2. The van der Waals surface area contributed by atoms with E-state index in [1.807, 2.05) is 39.0 Å². The number of benzene rings is 1. The van der Waals surface area contributed by atoms with E-state index in [0.717, 1.165) is 11.3 Å². The van der Waals surface area contributed by atoms with Gasteiger partial charge in [-0.1, -0.05) is 36.4 Å². The maximum absolute atomic E-state index is 11.9. The van der Waals surface area contributed by atoms with E-state index < -0.39 is 0 Å². The Morgan fingerprint density at radius 2 is 2.15 bits per heavy atom. The van der Waals surface area contributed by atoms with Gasteiger partial charge < -0.3 is 9.73 Å². The zero-order valence-electron chi connectivity index (χ0n) is 11.8. The van der Waals surface area contributed by atoms with Crippen molar-refractivity contribution in [3.63, 3.8) is 0 Å². The molecule has 0 bridgehead atoms. The molecule has 0 aliphatic rings. The Balaban J connectivity index is 1.89. The fourth-order valence-electron chi connectivity index (χ4n) is 1.71. The van der Waals surface area contributed by atoms with E-state index in [1.54, 1.807) is 0 Å². The molecule has 0 atom stereocenters. The highest BCUT2D eigenvalue weighted by Crippen LogP contribution is 2.19. The summed E-state index contributed by atoms with van der Waals surface area (Å²) in [5.74, 6) is 0.749. The summed E-state index contributed by atoms with van der Waals surface area (Å²) in [6.45, 7) is 5.94. The van der Waals surface area contributed by atoms with E-state index in [9.17, 15) is 4.79 Å². The lowest BCUT2D eigenvalue weighted by Gasteiger charge is -2.08. The van der Waals surface area contributed by atoms with Gasteiger partial charge in [-0.05, 0) is 25.5 Å². The monoisotopic (exact) mass is 291 g/mol. The molecule has 0 aliphatic heterocycles. The molecule has 0 saturated heterocycles. The summed E-state index contributed by atoms with van der Waals surface area (Å²) in [4.78, 5) is 11.9. The molecule has 1 N–H and O–H groups in total. The Hall–Kier alpha value is -1.82. The van der Waals surface area contributed by atoms with Gasteiger partial charge in [-0.25, -0.2) is 0 Å². The molecule has 5 nitrogen and oxygen atoms in total. The molecule has 2 aromatic rings. The predicted molar refractivity (Wildman–Crippen MR) is 78.9 cm³/mol. The summed E-state index contributed by atoms with van der Waals surface area (Å²) >= 11 is 1.24. The van der Waals surface area contributed by atoms with E-state index in [2.05, 4.69) is 15.5 Å². The number of carbonyl (C=O) groups excluding carboxylic acids is 1. The number of thioether (sulfide) groups is 1. The largest absolute Gasteiger partial charge is 0.416 e. The van der Waals surface area contributed by atoms with Crippen LogP contribution in [0.4, 0.5) is 5.69 Å². The van der Waals surface area contributed by atoms with Crippen molar-refractivity contribution in [1.29, 1.82) is 0 Å². The van der Waals surface area contributed by atoms with E-state index >= 15 is 0 Å². The Kier molecular flexibility index (Phi) is 4.79. The third-order valence-electron chi connectivity index (χ3n) is 2.73. The van der Waals surface area contributed by atoms with E-state index in [4.69, 9.17) is 4.42 Å². The molecular weight excluding hydrogens is 274 g/mol.